The number of sulfonamides is 2. The van der Waals surface area contributed by atoms with Crippen molar-refractivity contribution >= 4 is 31.6 Å². The van der Waals surface area contributed by atoms with Gasteiger partial charge in [0.25, 0.3) is 5.91 Å². The molecule has 1 fully saturated rings. The molecule has 2 aromatic carbocycles. The summed E-state index contributed by atoms with van der Waals surface area (Å²) in [6.07, 6.45) is 2.75. The van der Waals surface area contributed by atoms with Crippen LogP contribution in [0, 0.1) is 0 Å². The molecule has 0 bridgehead atoms. The molecule has 0 saturated carbocycles. The topological polar surface area (TPSA) is 104 Å². The van der Waals surface area contributed by atoms with E-state index < -0.39 is 26.0 Å². The quantitative estimate of drug-likeness (QED) is 0.726. The van der Waals surface area contributed by atoms with Crippen LogP contribution in [0.4, 0.5) is 5.69 Å². The number of amides is 1. The summed E-state index contributed by atoms with van der Waals surface area (Å²) in [5, 5.41) is 2.67. The molecule has 0 spiro atoms. The van der Waals surface area contributed by atoms with Crippen molar-refractivity contribution in [3.63, 3.8) is 0 Å². The number of anilines is 1. The first-order valence-corrected chi connectivity index (χ1v) is 12.4. The maximum Gasteiger partial charge on any atom is 0.255 e. The molecule has 0 unspecified atom stereocenters. The smallest absolute Gasteiger partial charge is 0.255 e. The summed E-state index contributed by atoms with van der Waals surface area (Å²) in [6.45, 7) is 1.04. The van der Waals surface area contributed by atoms with Crippen molar-refractivity contribution in [1.82, 2.24) is 8.61 Å². The number of piperidine rings is 1. The number of hydrogen-bond donors (Lipinski definition) is 1. The van der Waals surface area contributed by atoms with Gasteiger partial charge in [0.1, 0.15) is 0 Å². The van der Waals surface area contributed by atoms with Crippen LogP contribution in [0.2, 0.25) is 0 Å². The molecule has 3 rings (SSSR count). The number of nitrogens with zero attached hydrogens (tertiary/aromatic N) is 2. The molecular formula is C20H25N3O5S2. The van der Waals surface area contributed by atoms with Crippen LogP contribution in [0.5, 0.6) is 0 Å². The first kappa shape index (κ1) is 22.4. The predicted molar refractivity (Wildman–Crippen MR) is 114 cm³/mol. The Hall–Kier alpha value is -2.27. The van der Waals surface area contributed by atoms with Crippen LogP contribution < -0.4 is 5.32 Å². The molecule has 1 amide bonds. The SMILES string of the molecule is CN(C)S(=O)(=O)c1cccc(C(=O)Nc2ccc(S(=O)(=O)N3CCCCC3)cc2)c1. The van der Waals surface area contributed by atoms with Crippen molar-refractivity contribution in [2.24, 2.45) is 0 Å². The summed E-state index contributed by atoms with van der Waals surface area (Å²) in [6, 6.07) is 11.7. The Morgan fingerprint density at radius 2 is 1.53 bits per heavy atom. The highest BCUT2D eigenvalue weighted by Gasteiger charge is 2.25. The third kappa shape index (κ3) is 4.72. The van der Waals surface area contributed by atoms with Crippen LogP contribution in [-0.4, -0.2) is 58.5 Å². The molecule has 1 aliphatic heterocycles. The first-order chi connectivity index (χ1) is 14.1. The van der Waals surface area contributed by atoms with E-state index in [4.69, 9.17) is 0 Å². The van der Waals surface area contributed by atoms with Crippen molar-refractivity contribution < 1.29 is 21.6 Å². The number of carbonyl (C=O) groups is 1. The summed E-state index contributed by atoms with van der Waals surface area (Å²) in [5.41, 5.74) is 0.599. The van der Waals surface area contributed by atoms with Crippen molar-refractivity contribution in [3.8, 4) is 0 Å². The Bertz CT molecular complexity index is 1120. The second-order valence-corrected chi connectivity index (χ2v) is 11.3. The van der Waals surface area contributed by atoms with Gasteiger partial charge >= 0.3 is 0 Å². The van der Waals surface area contributed by atoms with Crippen molar-refractivity contribution in [1.29, 1.82) is 0 Å². The Kier molecular flexibility index (Phi) is 6.61. The summed E-state index contributed by atoms with van der Waals surface area (Å²) < 4.78 is 52.5. The molecule has 0 radical (unpaired) electrons. The van der Waals surface area contributed by atoms with Gasteiger partial charge in [0, 0.05) is 38.4 Å². The summed E-state index contributed by atoms with van der Waals surface area (Å²) in [5.74, 6) is -0.488. The molecule has 10 heteroatoms. The third-order valence-corrected chi connectivity index (χ3v) is 8.66. The standard InChI is InChI=1S/C20H25N3O5S2/c1-22(2)29(25,26)19-8-6-7-16(15-19)20(24)21-17-9-11-18(12-10-17)30(27,28)23-13-4-3-5-14-23/h6-12,15H,3-5,13-14H2,1-2H3,(H,21,24). The average Bonchev–Trinajstić information content (AvgIpc) is 2.74. The van der Waals surface area contributed by atoms with Gasteiger partial charge in [-0.2, -0.15) is 4.31 Å². The Labute approximate surface area is 177 Å². The van der Waals surface area contributed by atoms with Gasteiger partial charge in [-0.25, -0.2) is 21.1 Å². The van der Waals surface area contributed by atoms with Crippen LogP contribution in [0.25, 0.3) is 0 Å². The molecule has 162 valence electrons. The number of carbonyl (C=O) groups excluding carboxylic acids is 1. The highest BCUT2D eigenvalue weighted by atomic mass is 32.2. The van der Waals surface area contributed by atoms with Gasteiger partial charge in [0.2, 0.25) is 20.0 Å². The van der Waals surface area contributed by atoms with Gasteiger partial charge in [0.15, 0.2) is 0 Å². The monoisotopic (exact) mass is 451 g/mol. The fraction of sp³-hybridized carbons (Fsp3) is 0.350. The second kappa shape index (κ2) is 8.84. The average molecular weight is 452 g/mol. The van der Waals surface area contributed by atoms with E-state index in [0.717, 1.165) is 23.6 Å². The minimum atomic E-state index is -3.66. The zero-order valence-electron chi connectivity index (χ0n) is 16.9. The van der Waals surface area contributed by atoms with E-state index >= 15 is 0 Å². The molecule has 30 heavy (non-hydrogen) atoms. The van der Waals surface area contributed by atoms with Crippen LogP contribution in [0.15, 0.2) is 58.3 Å². The van der Waals surface area contributed by atoms with E-state index in [0.29, 0.717) is 18.8 Å². The lowest BCUT2D eigenvalue weighted by Crippen LogP contribution is -2.35. The first-order valence-electron chi connectivity index (χ1n) is 9.56. The third-order valence-electron chi connectivity index (χ3n) is 4.94. The van der Waals surface area contributed by atoms with E-state index in [9.17, 15) is 21.6 Å². The van der Waals surface area contributed by atoms with E-state index in [2.05, 4.69) is 5.32 Å². The minimum absolute atomic E-state index is 0.0168. The molecule has 1 N–H and O–H groups in total. The molecular weight excluding hydrogens is 426 g/mol. The van der Waals surface area contributed by atoms with Gasteiger partial charge in [0.05, 0.1) is 9.79 Å². The number of nitrogens with one attached hydrogen (secondary N) is 1. The van der Waals surface area contributed by atoms with Crippen LogP contribution >= 0.6 is 0 Å². The molecule has 1 saturated heterocycles. The van der Waals surface area contributed by atoms with E-state index in [1.54, 1.807) is 0 Å². The second-order valence-electron chi connectivity index (χ2n) is 7.26. The van der Waals surface area contributed by atoms with Crippen molar-refractivity contribution in [3.05, 3.63) is 54.1 Å². The maximum absolute atomic E-state index is 12.7. The lowest BCUT2D eigenvalue weighted by Gasteiger charge is -2.25. The Morgan fingerprint density at radius 1 is 0.900 bits per heavy atom. The van der Waals surface area contributed by atoms with Crippen LogP contribution in [-0.2, 0) is 20.0 Å². The van der Waals surface area contributed by atoms with Gasteiger partial charge < -0.3 is 5.32 Å². The summed E-state index contributed by atoms with van der Waals surface area (Å²) >= 11 is 0. The summed E-state index contributed by atoms with van der Waals surface area (Å²) in [7, 11) is -4.36. The highest BCUT2D eigenvalue weighted by molar-refractivity contribution is 7.89. The number of hydrogen-bond acceptors (Lipinski definition) is 5. The van der Waals surface area contributed by atoms with Crippen LogP contribution in [0.3, 0.4) is 0 Å². The number of benzene rings is 2. The van der Waals surface area contributed by atoms with E-state index in [1.165, 1.54) is 66.9 Å². The fourth-order valence-corrected chi connectivity index (χ4v) is 5.64. The lowest BCUT2D eigenvalue weighted by molar-refractivity contribution is 0.102. The van der Waals surface area contributed by atoms with E-state index in [1.807, 2.05) is 0 Å². The normalized spacial score (nSPS) is 15.8. The highest BCUT2D eigenvalue weighted by Crippen LogP contribution is 2.22. The molecule has 0 aliphatic carbocycles. The zero-order chi connectivity index (χ0) is 21.9. The van der Waals surface area contributed by atoms with Gasteiger partial charge in [-0.05, 0) is 55.3 Å². The zero-order valence-corrected chi connectivity index (χ0v) is 18.5. The van der Waals surface area contributed by atoms with Crippen molar-refractivity contribution in [2.75, 3.05) is 32.5 Å². The fourth-order valence-electron chi connectivity index (χ4n) is 3.18. The lowest BCUT2D eigenvalue weighted by atomic mass is 10.2. The number of rotatable bonds is 6. The molecule has 0 atom stereocenters. The van der Waals surface area contributed by atoms with Crippen molar-refractivity contribution in [2.45, 2.75) is 29.1 Å². The molecule has 0 aromatic heterocycles. The molecule has 8 nitrogen and oxygen atoms in total. The summed E-state index contributed by atoms with van der Waals surface area (Å²) in [4.78, 5) is 12.7. The van der Waals surface area contributed by atoms with Gasteiger partial charge in [-0.3, -0.25) is 4.79 Å². The largest absolute Gasteiger partial charge is 0.322 e. The van der Waals surface area contributed by atoms with Gasteiger partial charge in [-0.15, -0.1) is 0 Å². The molecule has 1 heterocycles. The van der Waals surface area contributed by atoms with Crippen LogP contribution in [0.1, 0.15) is 29.6 Å². The predicted octanol–water partition coefficient (Wildman–Crippen LogP) is 2.36. The van der Waals surface area contributed by atoms with Gasteiger partial charge in [-0.1, -0.05) is 12.5 Å². The maximum atomic E-state index is 12.7. The molecule has 1 aliphatic rings. The molecule has 2 aromatic rings. The Balaban J connectivity index is 1.75. The minimum Gasteiger partial charge on any atom is -0.322 e. The Morgan fingerprint density at radius 3 is 2.13 bits per heavy atom. The van der Waals surface area contributed by atoms with E-state index in [-0.39, 0.29) is 15.4 Å².